The molecule has 5 nitrogen and oxygen atoms in total. The number of hydrogen-bond donors (Lipinski definition) is 2. The molecule has 1 fully saturated rings. The van der Waals surface area contributed by atoms with Crippen molar-refractivity contribution in [1.82, 2.24) is 20.5 Å². The lowest BCUT2D eigenvalue weighted by Gasteiger charge is -2.25. The SMILES string of the molecule is CN=C(NCCCc1nc(C)cs1)NCC1CCCN1Cc1ccccc1. The van der Waals surface area contributed by atoms with Gasteiger partial charge in [0, 0.05) is 50.2 Å². The molecule has 0 bridgehead atoms. The van der Waals surface area contributed by atoms with E-state index in [1.807, 2.05) is 14.0 Å². The highest BCUT2D eigenvalue weighted by atomic mass is 32.1. The van der Waals surface area contributed by atoms with Crippen LogP contribution in [0.3, 0.4) is 0 Å². The molecular formula is C21H31N5S. The van der Waals surface area contributed by atoms with Crippen molar-refractivity contribution in [2.75, 3.05) is 26.7 Å². The van der Waals surface area contributed by atoms with Crippen LogP contribution in [0.15, 0.2) is 40.7 Å². The van der Waals surface area contributed by atoms with Gasteiger partial charge in [0.15, 0.2) is 5.96 Å². The number of aliphatic imine (C=N–C) groups is 1. The van der Waals surface area contributed by atoms with E-state index in [9.17, 15) is 0 Å². The normalized spacial score (nSPS) is 18.0. The van der Waals surface area contributed by atoms with Crippen molar-refractivity contribution < 1.29 is 0 Å². The Labute approximate surface area is 166 Å². The van der Waals surface area contributed by atoms with Crippen LogP contribution in [0, 0.1) is 6.92 Å². The number of hydrogen-bond acceptors (Lipinski definition) is 4. The largest absolute Gasteiger partial charge is 0.356 e. The van der Waals surface area contributed by atoms with Crippen LogP contribution in [0.5, 0.6) is 0 Å². The molecule has 1 aliphatic heterocycles. The number of benzene rings is 1. The quantitative estimate of drug-likeness (QED) is 0.416. The first-order valence-electron chi connectivity index (χ1n) is 9.88. The fourth-order valence-electron chi connectivity index (χ4n) is 3.55. The summed E-state index contributed by atoms with van der Waals surface area (Å²) in [4.78, 5) is 11.5. The molecule has 6 heteroatoms. The molecule has 1 unspecified atom stereocenters. The Kier molecular flexibility index (Phi) is 7.66. The highest BCUT2D eigenvalue weighted by molar-refractivity contribution is 7.09. The fourth-order valence-corrected chi connectivity index (χ4v) is 4.37. The van der Waals surface area contributed by atoms with E-state index in [1.165, 1.54) is 30.0 Å². The second-order valence-corrected chi connectivity index (χ2v) is 8.06. The van der Waals surface area contributed by atoms with Gasteiger partial charge >= 0.3 is 0 Å². The smallest absolute Gasteiger partial charge is 0.191 e. The van der Waals surface area contributed by atoms with Crippen LogP contribution >= 0.6 is 11.3 Å². The van der Waals surface area contributed by atoms with E-state index in [-0.39, 0.29) is 0 Å². The Morgan fingerprint density at radius 2 is 2.15 bits per heavy atom. The second-order valence-electron chi connectivity index (χ2n) is 7.12. The number of aromatic nitrogens is 1. The highest BCUT2D eigenvalue weighted by Crippen LogP contribution is 2.19. The minimum atomic E-state index is 0.571. The fraction of sp³-hybridized carbons (Fsp3) is 0.524. The average molecular weight is 386 g/mol. The topological polar surface area (TPSA) is 52.6 Å². The summed E-state index contributed by atoms with van der Waals surface area (Å²) in [6, 6.07) is 11.3. The maximum Gasteiger partial charge on any atom is 0.191 e. The van der Waals surface area contributed by atoms with Gasteiger partial charge in [0.2, 0.25) is 0 Å². The van der Waals surface area contributed by atoms with Gasteiger partial charge in [-0.1, -0.05) is 30.3 Å². The molecule has 1 atom stereocenters. The molecule has 2 aromatic rings. The average Bonchev–Trinajstić information content (AvgIpc) is 3.31. The van der Waals surface area contributed by atoms with E-state index in [2.05, 4.69) is 61.2 Å². The summed E-state index contributed by atoms with van der Waals surface area (Å²) >= 11 is 1.75. The Balaban J connectivity index is 1.38. The highest BCUT2D eigenvalue weighted by Gasteiger charge is 2.24. The zero-order valence-electron chi connectivity index (χ0n) is 16.4. The van der Waals surface area contributed by atoms with Crippen LogP contribution in [0.2, 0.25) is 0 Å². The van der Waals surface area contributed by atoms with Gasteiger partial charge in [-0.05, 0) is 38.3 Å². The van der Waals surface area contributed by atoms with Gasteiger partial charge in [0.1, 0.15) is 0 Å². The Hall–Kier alpha value is -1.92. The summed E-state index contributed by atoms with van der Waals surface area (Å²) < 4.78 is 0. The van der Waals surface area contributed by atoms with E-state index < -0.39 is 0 Å². The van der Waals surface area contributed by atoms with Gasteiger partial charge in [-0.25, -0.2) is 4.98 Å². The van der Waals surface area contributed by atoms with E-state index in [0.29, 0.717) is 6.04 Å². The van der Waals surface area contributed by atoms with Crippen LogP contribution in [0.1, 0.15) is 35.5 Å². The lowest BCUT2D eigenvalue weighted by molar-refractivity contribution is 0.245. The first-order valence-corrected chi connectivity index (χ1v) is 10.8. The molecule has 2 heterocycles. The molecule has 2 N–H and O–H groups in total. The Morgan fingerprint density at radius 3 is 2.89 bits per heavy atom. The van der Waals surface area contributed by atoms with Gasteiger partial charge in [0.25, 0.3) is 0 Å². The monoisotopic (exact) mass is 385 g/mol. The third kappa shape index (κ3) is 6.33. The molecule has 1 aromatic heterocycles. The minimum Gasteiger partial charge on any atom is -0.356 e. The number of likely N-dealkylation sites (tertiary alicyclic amines) is 1. The maximum absolute atomic E-state index is 4.52. The van der Waals surface area contributed by atoms with Gasteiger partial charge in [-0.2, -0.15) is 0 Å². The van der Waals surface area contributed by atoms with Crippen LogP contribution in [0.4, 0.5) is 0 Å². The van der Waals surface area contributed by atoms with E-state index in [4.69, 9.17) is 0 Å². The predicted octanol–water partition coefficient (Wildman–Crippen LogP) is 3.21. The summed E-state index contributed by atoms with van der Waals surface area (Å²) in [6.07, 6.45) is 4.62. The first-order chi connectivity index (χ1) is 13.2. The lowest BCUT2D eigenvalue weighted by Crippen LogP contribution is -2.44. The second kappa shape index (κ2) is 10.4. The number of guanidine groups is 1. The van der Waals surface area contributed by atoms with Gasteiger partial charge < -0.3 is 10.6 Å². The van der Waals surface area contributed by atoms with Crippen LogP contribution in [-0.2, 0) is 13.0 Å². The number of nitrogens with zero attached hydrogens (tertiary/aromatic N) is 3. The van der Waals surface area contributed by atoms with Crippen LogP contribution in [-0.4, -0.2) is 48.6 Å². The number of thiazole rings is 1. The molecule has 0 saturated carbocycles. The number of nitrogens with one attached hydrogen (secondary N) is 2. The Morgan fingerprint density at radius 1 is 1.30 bits per heavy atom. The zero-order valence-corrected chi connectivity index (χ0v) is 17.3. The third-order valence-corrected chi connectivity index (χ3v) is 6.01. The lowest BCUT2D eigenvalue weighted by atomic mass is 10.2. The standard InChI is InChI=1S/C21H31N5S/c1-17-16-27-20(25-17)11-6-12-23-21(22-2)24-14-19-10-7-13-26(19)15-18-8-4-3-5-9-18/h3-5,8-9,16,19H,6-7,10-15H2,1-2H3,(H2,22,23,24). The molecule has 0 radical (unpaired) electrons. The van der Waals surface area contributed by atoms with Gasteiger partial charge in [0.05, 0.1) is 5.01 Å². The predicted molar refractivity (Wildman–Crippen MR) is 114 cm³/mol. The van der Waals surface area contributed by atoms with E-state index >= 15 is 0 Å². The third-order valence-electron chi connectivity index (χ3n) is 4.98. The van der Waals surface area contributed by atoms with Gasteiger partial charge in [-0.3, -0.25) is 9.89 Å². The van der Waals surface area contributed by atoms with Crippen molar-refractivity contribution in [2.45, 2.75) is 45.2 Å². The molecule has 0 amide bonds. The summed E-state index contributed by atoms with van der Waals surface area (Å²) in [5.74, 6) is 0.900. The number of rotatable bonds is 8. The molecule has 1 aromatic carbocycles. The van der Waals surface area contributed by atoms with E-state index in [1.54, 1.807) is 11.3 Å². The van der Waals surface area contributed by atoms with Crippen molar-refractivity contribution in [2.24, 2.45) is 4.99 Å². The summed E-state index contributed by atoms with van der Waals surface area (Å²) in [6.45, 7) is 6.12. The van der Waals surface area contributed by atoms with Crippen molar-refractivity contribution in [3.63, 3.8) is 0 Å². The molecular weight excluding hydrogens is 354 g/mol. The summed E-state index contributed by atoms with van der Waals surface area (Å²) in [5.41, 5.74) is 2.52. The van der Waals surface area contributed by atoms with Crippen LogP contribution < -0.4 is 10.6 Å². The Bertz CT molecular complexity index is 712. The summed E-state index contributed by atoms with van der Waals surface area (Å²) in [5, 5.41) is 10.3. The number of aryl methyl sites for hydroxylation is 2. The van der Waals surface area contributed by atoms with Crippen LogP contribution in [0.25, 0.3) is 0 Å². The van der Waals surface area contributed by atoms with Crippen molar-refractivity contribution in [3.05, 3.63) is 52.0 Å². The molecule has 3 rings (SSSR count). The minimum absolute atomic E-state index is 0.571. The molecule has 0 spiro atoms. The molecule has 27 heavy (non-hydrogen) atoms. The van der Waals surface area contributed by atoms with Gasteiger partial charge in [-0.15, -0.1) is 11.3 Å². The van der Waals surface area contributed by atoms with Crippen molar-refractivity contribution in [3.8, 4) is 0 Å². The maximum atomic E-state index is 4.52. The van der Waals surface area contributed by atoms with E-state index in [0.717, 1.165) is 44.1 Å². The van der Waals surface area contributed by atoms with Crippen molar-refractivity contribution >= 4 is 17.3 Å². The molecule has 146 valence electrons. The van der Waals surface area contributed by atoms with Crippen molar-refractivity contribution in [1.29, 1.82) is 0 Å². The molecule has 1 aliphatic rings. The summed E-state index contributed by atoms with van der Waals surface area (Å²) in [7, 11) is 1.84. The molecule has 1 saturated heterocycles. The zero-order chi connectivity index (χ0) is 18.9. The first kappa shape index (κ1) is 19.8. The molecule has 0 aliphatic carbocycles.